The number of rotatable bonds is 3. The maximum Gasteiger partial charge on any atom is 0.269 e. The van der Waals surface area contributed by atoms with Gasteiger partial charge in [-0.05, 0) is 36.8 Å². The molecule has 5 nitrogen and oxygen atoms in total. The Morgan fingerprint density at radius 2 is 1.91 bits per heavy atom. The molecule has 1 heterocycles. The molecule has 0 aromatic heterocycles. The van der Waals surface area contributed by atoms with Crippen LogP contribution in [0.5, 0.6) is 0 Å². The van der Waals surface area contributed by atoms with Gasteiger partial charge in [-0.15, -0.1) is 0 Å². The van der Waals surface area contributed by atoms with Crippen molar-refractivity contribution in [3.05, 3.63) is 33.9 Å². The van der Waals surface area contributed by atoms with Gasteiger partial charge in [0.2, 0.25) is 0 Å². The zero-order chi connectivity index (χ0) is 17.1. The predicted molar refractivity (Wildman–Crippen MR) is 94.3 cm³/mol. The lowest BCUT2D eigenvalue weighted by Crippen LogP contribution is -2.44. The highest BCUT2D eigenvalue weighted by atomic mass is 16.6. The summed E-state index contributed by atoms with van der Waals surface area (Å²) in [6.07, 6.45) is 1.26. The van der Waals surface area contributed by atoms with Crippen LogP contribution in [0.1, 0.15) is 39.7 Å². The number of hydrogen-bond donors (Lipinski definition) is 0. The van der Waals surface area contributed by atoms with Gasteiger partial charge in [0, 0.05) is 31.1 Å². The van der Waals surface area contributed by atoms with Crippen LogP contribution in [-0.2, 0) is 0 Å². The Bertz CT molecular complexity index is 600. The molecule has 1 fully saturated rings. The van der Waals surface area contributed by atoms with Gasteiger partial charge in [0.05, 0.1) is 10.6 Å². The lowest BCUT2D eigenvalue weighted by atomic mass is 9.91. The average molecular weight is 317 g/mol. The van der Waals surface area contributed by atoms with Gasteiger partial charge in [0.15, 0.2) is 0 Å². The van der Waals surface area contributed by atoms with E-state index < -0.39 is 0 Å². The molecule has 126 valence electrons. The van der Waals surface area contributed by atoms with Crippen LogP contribution in [0.15, 0.2) is 23.2 Å². The number of nitro benzene ring substituents is 1. The highest BCUT2D eigenvalue weighted by Gasteiger charge is 2.25. The van der Waals surface area contributed by atoms with Gasteiger partial charge in [0.25, 0.3) is 5.69 Å². The highest BCUT2D eigenvalue weighted by Crippen LogP contribution is 2.27. The zero-order valence-corrected chi connectivity index (χ0v) is 14.7. The summed E-state index contributed by atoms with van der Waals surface area (Å²) in [4.78, 5) is 17.8. The van der Waals surface area contributed by atoms with E-state index in [9.17, 15) is 10.1 Å². The first-order chi connectivity index (χ1) is 10.8. The smallest absolute Gasteiger partial charge is 0.269 e. The monoisotopic (exact) mass is 317 g/mol. The van der Waals surface area contributed by atoms with Crippen molar-refractivity contribution in [1.29, 1.82) is 0 Å². The molecular formula is C18H27N3O2. The first-order valence-corrected chi connectivity index (χ1v) is 8.36. The average Bonchev–Trinajstić information content (AvgIpc) is 2.44. The second kappa shape index (κ2) is 7.11. The number of non-ortho nitro benzene ring substituents is 1. The summed E-state index contributed by atoms with van der Waals surface area (Å²) in [6, 6.07) is 4.89. The van der Waals surface area contributed by atoms with Crippen molar-refractivity contribution in [2.24, 2.45) is 22.7 Å². The summed E-state index contributed by atoms with van der Waals surface area (Å²) >= 11 is 0. The summed E-state index contributed by atoms with van der Waals surface area (Å²) in [5, 5.41) is 10.9. The minimum atomic E-state index is -0.363. The van der Waals surface area contributed by atoms with Gasteiger partial charge in [-0.1, -0.05) is 27.7 Å². The summed E-state index contributed by atoms with van der Waals surface area (Å²) in [5.41, 5.74) is 1.79. The molecule has 0 aliphatic carbocycles. The first kappa shape index (κ1) is 17.4. The van der Waals surface area contributed by atoms with E-state index in [0.717, 1.165) is 30.2 Å². The van der Waals surface area contributed by atoms with Gasteiger partial charge in [-0.2, -0.15) is 0 Å². The number of piperidine rings is 1. The van der Waals surface area contributed by atoms with E-state index in [4.69, 9.17) is 4.99 Å². The van der Waals surface area contributed by atoms with Gasteiger partial charge in [-0.25, -0.2) is 4.99 Å². The quantitative estimate of drug-likeness (QED) is 0.355. The fourth-order valence-electron chi connectivity index (χ4n) is 3.42. The molecule has 0 bridgehead atoms. The third-order valence-electron chi connectivity index (χ3n) is 4.34. The molecule has 2 atom stereocenters. The van der Waals surface area contributed by atoms with Crippen LogP contribution < -0.4 is 0 Å². The van der Waals surface area contributed by atoms with E-state index in [1.54, 1.807) is 12.1 Å². The predicted octanol–water partition coefficient (Wildman–Crippen LogP) is 4.57. The van der Waals surface area contributed by atoms with Crippen molar-refractivity contribution in [2.75, 3.05) is 13.1 Å². The Morgan fingerprint density at radius 3 is 2.39 bits per heavy atom. The maximum absolute atomic E-state index is 10.9. The molecular weight excluding hydrogens is 290 g/mol. The molecule has 1 aromatic carbocycles. The van der Waals surface area contributed by atoms with Crippen LogP contribution in [0.25, 0.3) is 0 Å². The van der Waals surface area contributed by atoms with E-state index in [1.807, 2.05) is 6.92 Å². The van der Waals surface area contributed by atoms with Crippen molar-refractivity contribution < 1.29 is 4.92 Å². The minimum Gasteiger partial charge on any atom is -0.359 e. The van der Waals surface area contributed by atoms with Crippen LogP contribution >= 0.6 is 0 Å². The van der Waals surface area contributed by atoms with Crippen molar-refractivity contribution in [3.8, 4) is 0 Å². The molecule has 2 rings (SSSR count). The van der Waals surface area contributed by atoms with E-state index >= 15 is 0 Å². The fourth-order valence-corrected chi connectivity index (χ4v) is 3.42. The van der Waals surface area contributed by atoms with Gasteiger partial charge in [0.1, 0.15) is 5.84 Å². The standard InChI is InChI=1S/C18H27N3O2/c1-12(2)18(20-10-13(3)8-14(4)11-20)19-17-7-6-16(21(22)23)9-15(17)5/h6-7,9,12-14H,8,10-11H2,1-5H3/t13-,14+. The largest absolute Gasteiger partial charge is 0.359 e. The number of likely N-dealkylation sites (tertiary alicyclic amines) is 1. The molecule has 1 saturated heterocycles. The molecule has 0 radical (unpaired) electrons. The fraction of sp³-hybridized carbons (Fsp3) is 0.611. The molecule has 23 heavy (non-hydrogen) atoms. The number of aryl methyl sites for hydroxylation is 1. The molecule has 0 saturated carbocycles. The lowest BCUT2D eigenvalue weighted by molar-refractivity contribution is -0.384. The molecule has 1 aliphatic heterocycles. The summed E-state index contributed by atoms with van der Waals surface area (Å²) in [5.74, 6) is 2.74. The normalized spacial score (nSPS) is 22.5. The Hall–Kier alpha value is -1.91. The molecule has 0 N–H and O–H groups in total. The molecule has 5 heteroatoms. The lowest BCUT2D eigenvalue weighted by Gasteiger charge is -2.38. The minimum absolute atomic E-state index is 0.118. The molecule has 1 aliphatic rings. The Kier molecular flexibility index (Phi) is 5.39. The van der Waals surface area contributed by atoms with Crippen molar-refractivity contribution in [3.63, 3.8) is 0 Å². The number of amidine groups is 1. The maximum atomic E-state index is 10.9. The molecule has 1 aromatic rings. The molecule has 0 spiro atoms. The number of hydrogen-bond acceptors (Lipinski definition) is 3. The Labute approximate surface area is 138 Å². The Balaban J connectivity index is 2.34. The molecule has 0 unspecified atom stereocenters. The van der Waals surface area contributed by atoms with Gasteiger partial charge >= 0.3 is 0 Å². The topological polar surface area (TPSA) is 58.7 Å². The van der Waals surface area contributed by atoms with Crippen LogP contribution in [0.4, 0.5) is 11.4 Å². The van der Waals surface area contributed by atoms with Crippen LogP contribution in [0.2, 0.25) is 0 Å². The first-order valence-electron chi connectivity index (χ1n) is 8.36. The zero-order valence-electron chi connectivity index (χ0n) is 14.7. The van der Waals surface area contributed by atoms with E-state index in [1.165, 1.54) is 12.5 Å². The van der Waals surface area contributed by atoms with Crippen LogP contribution in [-0.4, -0.2) is 28.7 Å². The number of benzene rings is 1. The van der Waals surface area contributed by atoms with E-state index in [0.29, 0.717) is 17.8 Å². The second-order valence-corrected chi connectivity index (χ2v) is 7.20. The van der Waals surface area contributed by atoms with Crippen molar-refractivity contribution >= 4 is 17.2 Å². The second-order valence-electron chi connectivity index (χ2n) is 7.20. The summed E-state index contributed by atoms with van der Waals surface area (Å²) in [7, 11) is 0. The summed E-state index contributed by atoms with van der Waals surface area (Å²) < 4.78 is 0. The van der Waals surface area contributed by atoms with Crippen molar-refractivity contribution in [1.82, 2.24) is 4.90 Å². The SMILES string of the molecule is Cc1cc([N+](=O)[O-])ccc1N=C(C(C)C)N1C[C@H](C)C[C@H](C)C1. The molecule has 0 amide bonds. The van der Waals surface area contributed by atoms with Crippen LogP contribution in [0.3, 0.4) is 0 Å². The highest BCUT2D eigenvalue weighted by molar-refractivity contribution is 5.87. The third-order valence-corrected chi connectivity index (χ3v) is 4.34. The Morgan fingerprint density at radius 1 is 1.30 bits per heavy atom. The number of aliphatic imine (C=N–C) groups is 1. The number of nitrogens with zero attached hydrogens (tertiary/aromatic N) is 3. The van der Waals surface area contributed by atoms with Crippen LogP contribution in [0, 0.1) is 34.8 Å². The third kappa shape index (κ3) is 4.30. The van der Waals surface area contributed by atoms with Gasteiger partial charge in [-0.3, -0.25) is 10.1 Å². The van der Waals surface area contributed by atoms with Gasteiger partial charge < -0.3 is 4.90 Å². The van der Waals surface area contributed by atoms with E-state index in [-0.39, 0.29) is 10.6 Å². The number of nitro groups is 1. The van der Waals surface area contributed by atoms with Crippen molar-refractivity contribution in [2.45, 2.75) is 41.0 Å². The summed E-state index contributed by atoms with van der Waals surface area (Å²) in [6.45, 7) is 12.8. The van der Waals surface area contributed by atoms with E-state index in [2.05, 4.69) is 32.6 Å².